The summed E-state index contributed by atoms with van der Waals surface area (Å²) in [6.45, 7) is 0.316. The third-order valence-electron chi connectivity index (χ3n) is 3.74. The van der Waals surface area contributed by atoms with Gasteiger partial charge < -0.3 is 5.32 Å². The molecule has 0 spiro atoms. The van der Waals surface area contributed by atoms with Crippen molar-refractivity contribution in [3.8, 4) is 0 Å². The van der Waals surface area contributed by atoms with Gasteiger partial charge in [-0.2, -0.15) is 13.2 Å². The lowest BCUT2D eigenvalue weighted by atomic mass is 9.84. The van der Waals surface area contributed by atoms with E-state index in [1.54, 1.807) is 12.1 Å². The molecule has 1 aliphatic rings. The lowest BCUT2D eigenvalue weighted by Gasteiger charge is -2.33. The summed E-state index contributed by atoms with van der Waals surface area (Å²) in [6, 6.07) is 3.93. The van der Waals surface area contributed by atoms with E-state index in [4.69, 9.17) is 0 Å². The number of nitrogens with one attached hydrogen (secondary N) is 1. The van der Waals surface area contributed by atoms with Crippen LogP contribution in [0.3, 0.4) is 0 Å². The molecule has 0 radical (unpaired) electrons. The first-order valence-electron chi connectivity index (χ1n) is 6.62. The van der Waals surface area contributed by atoms with E-state index < -0.39 is 18.1 Å². The Morgan fingerprint density at radius 3 is 2.55 bits per heavy atom. The molecule has 1 saturated carbocycles. The maximum Gasteiger partial charge on any atom is 0.393 e. The molecule has 1 aromatic carbocycles. The third-order valence-corrected chi connectivity index (χ3v) is 4.35. The summed E-state index contributed by atoms with van der Waals surface area (Å²) in [4.78, 5) is 0. The normalized spacial score (nSPS) is 23.9. The SMILES string of the molecule is Fc1ccc(CNC2CCCCC2C(F)(F)F)cc1Br. The zero-order valence-corrected chi connectivity index (χ0v) is 12.4. The fourth-order valence-electron chi connectivity index (χ4n) is 2.67. The van der Waals surface area contributed by atoms with Crippen molar-refractivity contribution >= 4 is 15.9 Å². The van der Waals surface area contributed by atoms with E-state index in [2.05, 4.69) is 21.2 Å². The van der Waals surface area contributed by atoms with Crippen molar-refractivity contribution in [1.29, 1.82) is 0 Å². The zero-order chi connectivity index (χ0) is 14.8. The van der Waals surface area contributed by atoms with E-state index >= 15 is 0 Å². The standard InChI is InChI=1S/C14H16BrF4N/c15-11-7-9(5-6-12(11)16)8-20-13-4-2-1-3-10(13)14(17,18)19/h5-7,10,13,20H,1-4,8H2. The molecule has 1 N–H and O–H groups in total. The summed E-state index contributed by atoms with van der Waals surface area (Å²) >= 11 is 3.07. The minimum atomic E-state index is -4.15. The summed E-state index contributed by atoms with van der Waals surface area (Å²) in [6.07, 6.45) is -1.98. The molecule has 1 aliphatic carbocycles. The van der Waals surface area contributed by atoms with Crippen LogP contribution < -0.4 is 5.32 Å². The Labute approximate surface area is 123 Å². The Balaban J connectivity index is 1.99. The second kappa shape index (κ2) is 6.43. The first-order chi connectivity index (χ1) is 9.38. The van der Waals surface area contributed by atoms with E-state index in [9.17, 15) is 17.6 Å². The molecule has 0 aromatic heterocycles. The van der Waals surface area contributed by atoms with Crippen LogP contribution in [0.1, 0.15) is 31.2 Å². The van der Waals surface area contributed by atoms with Gasteiger partial charge in [0.1, 0.15) is 5.82 Å². The van der Waals surface area contributed by atoms with Gasteiger partial charge in [-0.15, -0.1) is 0 Å². The molecule has 112 valence electrons. The van der Waals surface area contributed by atoms with E-state index in [-0.39, 0.29) is 12.2 Å². The van der Waals surface area contributed by atoms with Crippen molar-refractivity contribution in [3.05, 3.63) is 34.1 Å². The first kappa shape index (κ1) is 15.8. The topological polar surface area (TPSA) is 12.0 Å². The van der Waals surface area contributed by atoms with Crippen LogP contribution in [-0.4, -0.2) is 12.2 Å². The minimum absolute atomic E-state index is 0.189. The molecule has 6 heteroatoms. The maximum atomic E-state index is 13.1. The van der Waals surface area contributed by atoms with Crippen LogP contribution in [0.5, 0.6) is 0 Å². The van der Waals surface area contributed by atoms with Crippen LogP contribution in [0.15, 0.2) is 22.7 Å². The molecule has 2 rings (SSSR count). The molecule has 0 aliphatic heterocycles. The molecular weight excluding hydrogens is 338 g/mol. The monoisotopic (exact) mass is 353 g/mol. The molecular formula is C14H16BrF4N. The van der Waals surface area contributed by atoms with Crippen molar-refractivity contribution in [1.82, 2.24) is 5.32 Å². The Hall–Kier alpha value is -0.620. The van der Waals surface area contributed by atoms with Crippen LogP contribution in [0, 0.1) is 11.7 Å². The van der Waals surface area contributed by atoms with Crippen LogP contribution >= 0.6 is 15.9 Å². The van der Waals surface area contributed by atoms with Gasteiger partial charge in [0.15, 0.2) is 0 Å². The van der Waals surface area contributed by atoms with Gasteiger partial charge in [0.2, 0.25) is 0 Å². The predicted octanol–water partition coefficient (Wildman–Crippen LogP) is 4.80. The molecule has 1 fully saturated rings. The highest BCUT2D eigenvalue weighted by atomic mass is 79.9. The fraction of sp³-hybridized carbons (Fsp3) is 0.571. The zero-order valence-electron chi connectivity index (χ0n) is 10.8. The highest BCUT2D eigenvalue weighted by Gasteiger charge is 2.45. The average Bonchev–Trinajstić information content (AvgIpc) is 2.39. The summed E-state index contributed by atoms with van der Waals surface area (Å²) < 4.78 is 52.2. The van der Waals surface area contributed by atoms with E-state index in [0.717, 1.165) is 12.0 Å². The average molecular weight is 354 g/mol. The summed E-state index contributed by atoms with van der Waals surface area (Å²) in [5, 5.41) is 2.98. The highest BCUT2D eigenvalue weighted by Crippen LogP contribution is 2.37. The minimum Gasteiger partial charge on any atom is -0.309 e. The molecule has 20 heavy (non-hydrogen) atoms. The van der Waals surface area contributed by atoms with Gasteiger partial charge in [0, 0.05) is 12.6 Å². The summed E-state index contributed by atoms with van der Waals surface area (Å²) in [5.74, 6) is -1.65. The second-order valence-corrected chi connectivity index (χ2v) is 6.02. The van der Waals surface area contributed by atoms with Crippen molar-refractivity contribution < 1.29 is 17.6 Å². The van der Waals surface area contributed by atoms with Gasteiger partial charge >= 0.3 is 6.18 Å². The Bertz CT molecular complexity index is 461. The Kier molecular flexibility index (Phi) is 5.07. The lowest BCUT2D eigenvalue weighted by Crippen LogP contribution is -2.45. The quantitative estimate of drug-likeness (QED) is 0.769. The molecule has 0 amide bonds. The molecule has 1 aromatic rings. The van der Waals surface area contributed by atoms with Crippen molar-refractivity contribution in [2.75, 3.05) is 0 Å². The van der Waals surface area contributed by atoms with E-state index in [1.807, 2.05) is 0 Å². The number of hydrogen-bond acceptors (Lipinski definition) is 1. The molecule has 0 saturated heterocycles. The molecule has 2 atom stereocenters. The van der Waals surface area contributed by atoms with Gasteiger partial charge in [-0.3, -0.25) is 0 Å². The van der Waals surface area contributed by atoms with Crippen molar-refractivity contribution in [3.63, 3.8) is 0 Å². The van der Waals surface area contributed by atoms with Gasteiger partial charge in [0.05, 0.1) is 10.4 Å². The molecule has 1 nitrogen and oxygen atoms in total. The van der Waals surface area contributed by atoms with Crippen LogP contribution in [-0.2, 0) is 6.54 Å². The number of halogens is 5. The van der Waals surface area contributed by atoms with Gasteiger partial charge in [-0.1, -0.05) is 18.9 Å². The smallest absolute Gasteiger partial charge is 0.309 e. The van der Waals surface area contributed by atoms with Gasteiger partial charge in [0.25, 0.3) is 0 Å². The van der Waals surface area contributed by atoms with Crippen LogP contribution in [0.25, 0.3) is 0 Å². The number of hydrogen-bond donors (Lipinski definition) is 1. The van der Waals surface area contributed by atoms with Crippen molar-refractivity contribution in [2.45, 2.75) is 44.4 Å². The number of rotatable bonds is 3. The summed E-state index contributed by atoms with van der Waals surface area (Å²) in [7, 11) is 0. The summed E-state index contributed by atoms with van der Waals surface area (Å²) in [5.41, 5.74) is 0.768. The Morgan fingerprint density at radius 2 is 1.90 bits per heavy atom. The predicted molar refractivity (Wildman–Crippen MR) is 72.7 cm³/mol. The Morgan fingerprint density at radius 1 is 1.20 bits per heavy atom. The first-order valence-corrected chi connectivity index (χ1v) is 7.41. The van der Waals surface area contributed by atoms with Crippen molar-refractivity contribution in [2.24, 2.45) is 5.92 Å². The molecule has 0 bridgehead atoms. The van der Waals surface area contributed by atoms with Gasteiger partial charge in [-0.05, 0) is 46.5 Å². The fourth-order valence-corrected chi connectivity index (χ4v) is 3.09. The number of alkyl halides is 3. The number of benzene rings is 1. The van der Waals surface area contributed by atoms with E-state index in [1.165, 1.54) is 6.07 Å². The maximum absolute atomic E-state index is 13.1. The lowest BCUT2D eigenvalue weighted by molar-refractivity contribution is -0.189. The second-order valence-electron chi connectivity index (χ2n) is 5.17. The molecule has 2 unspecified atom stereocenters. The van der Waals surface area contributed by atoms with E-state index in [0.29, 0.717) is 23.9 Å². The van der Waals surface area contributed by atoms with Gasteiger partial charge in [-0.25, -0.2) is 4.39 Å². The third kappa shape index (κ3) is 3.95. The van der Waals surface area contributed by atoms with Crippen LogP contribution in [0.4, 0.5) is 17.6 Å². The highest BCUT2D eigenvalue weighted by molar-refractivity contribution is 9.10. The van der Waals surface area contributed by atoms with Crippen LogP contribution in [0.2, 0.25) is 0 Å². The largest absolute Gasteiger partial charge is 0.393 e. The molecule has 0 heterocycles.